The van der Waals surface area contributed by atoms with E-state index in [4.69, 9.17) is 0 Å². The predicted octanol–water partition coefficient (Wildman–Crippen LogP) is 3.30. The number of carbonyl (C=O) groups is 1. The Kier molecular flexibility index (Phi) is 4.32. The first kappa shape index (κ1) is 17.2. The number of benzene rings is 2. The van der Waals surface area contributed by atoms with Crippen molar-refractivity contribution in [2.24, 2.45) is 0 Å². The minimum Gasteiger partial charge on any atom is -0.379 e. The fourth-order valence-corrected chi connectivity index (χ4v) is 5.40. The molecule has 0 atom stereocenters. The number of para-hydroxylation sites is 1. The van der Waals surface area contributed by atoms with Gasteiger partial charge in [0.25, 0.3) is 0 Å². The van der Waals surface area contributed by atoms with Gasteiger partial charge in [-0.05, 0) is 43.5 Å². The van der Waals surface area contributed by atoms with Crippen molar-refractivity contribution < 1.29 is 13.2 Å². The number of nitrogens with zero attached hydrogens (tertiary/aromatic N) is 1. The SMILES string of the molecule is O=C1CCC2(CCN(S(=O)(=O)c3ccccc3)CC2)Nc2ccccc21. The van der Waals surface area contributed by atoms with E-state index in [9.17, 15) is 13.2 Å². The molecule has 0 saturated carbocycles. The molecular formula is C20H22N2O3S. The van der Waals surface area contributed by atoms with Crippen molar-refractivity contribution in [1.82, 2.24) is 4.31 Å². The van der Waals surface area contributed by atoms with Crippen LogP contribution in [0.25, 0.3) is 0 Å². The number of sulfonamides is 1. The molecule has 26 heavy (non-hydrogen) atoms. The molecule has 2 aromatic carbocycles. The lowest BCUT2D eigenvalue weighted by Crippen LogP contribution is -2.50. The Morgan fingerprint density at radius 1 is 0.885 bits per heavy atom. The maximum Gasteiger partial charge on any atom is 0.243 e. The molecule has 0 unspecified atom stereocenters. The Hall–Kier alpha value is -2.18. The van der Waals surface area contributed by atoms with Crippen LogP contribution < -0.4 is 5.32 Å². The van der Waals surface area contributed by atoms with E-state index in [0.717, 1.165) is 17.7 Å². The summed E-state index contributed by atoms with van der Waals surface area (Å²) in [5.74, 6) is 0.157. The number of carbonyl (C=O) groups excluding carboxylic acids is 1. The van der Waals surface area contributed by atoms with Gasteiger partial charge in [-0.15, -0.1) is 0 Å². The largest absolute Gasteiger partial charge is 0.379 e. The number of ketones is 1. The van der Waals surface area contributed by atoms with Crippen molar-refractivity contribution in [3.63, 3.8) is 0 Å². The summed E-state index contributed by atoms with van der Waals surface area (Å²) in [6, 6.07) is 16.2. The Morgan fingerprint density at radius 2 is 1.54 bits per heavy atom. The summed E-state index contributed by atoms with van der Waals surface area (Å²) in [7, 11) is -3.46. The number of hydrogen-bond acceptors (Lipinski definition) is 4. The third-order valence-electron chi connectivity index (χ3n) is 5.52. The summed E-state index contributed by atoms with van der Waals surface area (Å²) < 4.78 is 27.2. The molecule has 1 N–H and O–H groups in total. The number of fused-ring (bicyclic) bond motifs is 1. The average molecular weight is 370 g/mol. The Morgan fingerprint density at radius 3 is 2.27 bits per heavy atom. The van der Waals surface area contributed by atoms with E-state index < -0.39 is 10.0 Å². The molecule has 0 bridgehead atoms. The summed E-state index contributed by atoms with van der Waals surface area (Å²) >= 11 is 0. The van der Waals surface area contributed by atoms with E-state index in [2.05, 4.69) is 5.32 Å². The van der Waals surface area contributed by atoms with Gasteiger partial charge in [0.2, 0.25) is 10.0 Å². The number of nitrogens with one attached hydrogen (secondary N) is 1. The minimum atomic E-state index is -3.46. The van der Waals surface area contributed by atoms with Crippen LogP contribution in [-0.4, -0.2) is 37.1 Å². The second kappa shape index (κ2) is 6.52. The van der Waals surface area contributed by atoms with Crippen LogP contribution in [0, 0.1) is 0 Å². The molecule has 0 radical (unpaired) electrons. The van der Waals surface area contributed by atoms with Crippen LogP contribution in [-0.2, 0) is 10.0 Å². The van der Waals surface area contributed by atoms with Crippen molar-refractivity contribution in [3.05, 3.63) is 60.2 Å². The lowest BCUT2D eigenvalue weighted by atomic mass is 9.84. The molecule has 4 rings (SSSR count). The second-order valence-corrected chi connectivity index (χ2v) is 9.03. The average Bonchev–Trinajstić information content (AvgIpc) is 2.80. The predicted molar refractivity (Wildman–Crippen MR) is 101 cm³/mol. The Balaban J connectivity index is 1.54. The monoisotopic (exact) mass is 370 g/mol. The highest BCUT2D eigenvalue weighted by Crippen LogP contribution is 2.37. The van der Waals surface area contributed by atoms with Gasteiger partial charge in [-0.3, -0.25) is 4.79 Å². The quantitative estimate of drug-likeness (QED) is 0.881. The van der Waals surface area contributed by atoms with Gasteiger partial charge in [0.1, 0.15) is 0 Å². The van der Waals surface area contributed by atoms with Crippen LogP contribution in [0.2, 0.25) is 0 Å². The third-order valence-corrected chi connectivity index (χ3v) is 7.43. The zero-order valence-electron chi connectivity index (χ0n) is 14.5. The van der Waals surface area contributed by atoms with Crippen LogP contribution in [0.3, 0.4) is 0 Å². The van der Waals surface area contributed by atoms with Crippen LogP contribution in [0.5, 0.6) is 0 Å². The molecule has 0 aliphatic carbocycles. The van der Waals surface area contributed by atoms with Gasteiger partial charge in [0, 0.05) is 36.3 Å². The topological polar surface area (TPSA) is 66.5 Å². The van der Waals surface area contributed by atoms with E-state index in [0.29, 0.717) is 37.2 Å². The second-order valence-electron chi connectivity index (χ2n) is 7.09. The van der Waals surface area contributed by atoms with Crippen molar-refractivity contribution in [1.29, 1.82) is 0 Å². The van der Waals surface area contributed by atoms with Gasteiger partial charge < -0.3 is 5.32 Å². The number of hydrogen-bond donors (Lipinski definition) is 1. The Bertz CT molecular complexity index is 917. The zero-order chi connectivity index (χ0) is 18.2. The normalized spacial score (nSPS) is 20.2. The van der Waals surface area contributed by atoms with E-state index in [1.807, 2.05) is 30.3 Å². The van der Waals surface area contributed by atoms with Crippen LogP contribution in [0.1, 0.15) is 36.0 Å². The first-order valence-electron chi connectivity index (χ1n) is 8.96. The smallest absolute Gasteiger partial charge is 0.243 e. The maximum absolute atomic E-state index is 12.8. The first-order chi connectivity index (χ1) is 12.5. The molecule has 0 amide bonds. The van der Waals surface area contributed by atoms with Crippen LogP contribution in [0.15, 0.2) is 59.5 Å². The van der Waals surface area contributed by atoms with Crippen molar-refractivity contribution in [2.45, 2.75) is 36.1 Å². The minimum absolute atomic E-state index is 0.157. The lowest BCUT2D eigenvalue weighted by Gasteiger charge is -2.42. The summed E-state index contributed by atoms with van der Waals surface area (Å²) in [6.07, 6.45) is 2.62. The van der Waals surface area contributed by atoms with Gasteiger partial charge in [0.05, 0.1) is 4.90 Å². The number of anilines is 1. The highest BCUT2D eigenvalue weighted by Gasteiger charge is 2.40. The van der Waals surface area contributed by atoms with Crippen molar-refractivity contribution in [2.75, 3.05) is 18.4 Å². The molecule has 6 heteroatoms. The molecule has 2 aliphatic heterocycles. The van der Waals surface area contributed by atoms with Gasteiger partial charge >= 0.3 is 0 Å². The van der Waals surface area contributed by atoms with Gasteiger partial charge in [-0.25, -0.2) is 8.42 Å². The highest BCUT2D eigenvalue weighted by molar-refractivity contribution is 7.89. The molecule has 1 spiro atoms. The molecule has 2 aromatic rings. The molecule has 0 aromatic heterocycles. The first-order valence-corrected chi connectivity index (χ1v) is 10.4. The summed E-state index contributed by atoms with van der Waals surface area (Å²) in [4.78, 5) is 12.7. The number of Topliss-reactive ketones (excluding diaryl/α,β-unsaturated/α-hetero) is 1. The van der Waals surface area contributed by atoms with E-state index in [-0.39, 0.29) is 11.3 Å². The molecule has 1 saturated heterocycles. The van der Waals surface area contributed by atoms with Gasteiger partial charge in [0.15, 0.2) is 5.78 Å². The molecular weight excluding hydrogens is 348 g/mol. The standard InChI is InChI=1S/C20H22N2O3S/c23-19-10-11-20(21-18-9-5-4-8-17(18)19)12-14-22(15-13-20)26(24,25)16-6-2-1-3-7-16/h1-9,21H,10-15H2. The van der Waals surface area contributed by atoms with Crippen molar-refractivity contribution >= 4 is 21.5 Å². The van der Waals surface area contributed by atoms with Gasteiger partial charge in [-0.1, -0.05) is 30.3 Å². The molecule has 1 fully saturated rings. The van der Waals surface area contributed by atoms with E-state index in [1.54, 1.807) is 28.6 Å². The summed E-state index contributed by atoms with van der Waals surface area (Å²) in [5, 5.41) is 3.57. The Labute approximate surface area is 154 Å². The molecule has 2 aliphatic rings. The highest BCUT2D eigenvalue weighted by atomic mass is 32.2. The fourth-order valence-electron chi connectivity index (χ4n) is 3.94. The van der Waals surface area contributed by atoms with Crippen LogP contribution in [0.4, 0.5) is 5.69 Å². The van der Waals surface area contributed by atoms with E-state index in [1.165, 1.54) is 0 Å². The van der Waals surface area contributed by atoms with Crippen LogP contribution >= 0.6 is 0 Å². The zero-order valence-corrected chi connectivity index (χ0v) is 15.3. The third kappa shape index (κ3) is 3.04. The van der Waals surface area contributed by atoms with Crippen molar-refractivity contribution in [3.8, 4) is 0 Å². The fraction of sp³-hybridized carbons (Fsp3) is 0.350. The van der Waals surface area contributed by atoms with E-state index >= 15 is 0 Å². The molecule has 5 nitrogen and oxygen atoms in total. The number of piperidine rings is 1. The number of rotatable bonds is 2. The lowest BCUT2D eigenvalue weighted by molar-refractivity contribution is 0.0971. The van der Waals surface area contributed by atoms with Gasteiger partial charge in [-0.2, -0.15) is 4.31 Å². The maximum atomic E-state index is 12.8. The molecule has 136 valence electrons. The summed E-state index contributed by atoms with van der Waals surface area (Å²) in [6.45, 7) is 0.918. The summed E-state index contributed by atoms with van der Waals surface area (Å²) in [5.41, 5.74) is 1.39. The molecule has 2 heterocycles.